The third kappa shape index (κ3) is 5.38. The van der Waals surface area contributed by atoms with Crippen LogP contribution in [0.4, 0.5) is 5.69 Å². The van der Waals surface area contributed by atoms with Crippen LogP contribution in [0.15, 0.2) is 24.3 Å². The van der Waals surface area contributed by atoms with E-state index >= 15 is 0 Å². The molecule has 1 aromatic carbocycles. The number of benzene rings is 1. The maximum absolute atomic E-state index is 3.44. The highest BCUT2D eigenvalue weighted by Crippen LogP contribution is 2.11. The molecule has 1 N–H and O–H groups in total. The number of rotatable bonds is 5. The summed E-state index contributed by atoms with van der Waals surface area (Å²) in [7, 11) is 4.12. The van der Waals surface area contributed by atoms with Crippen molar-refractivity contribution in [3.8, 4) is 0 Å². The quantitative estimate of drug-likeness (QED) is 0.854. The standard InChI is InChI=1S/C13H22N2.ClH/c1-11(2)9-14-10-12-5-7-13(8-6-12)15(3)4;/h5-8,11,14H,9-10H2,1-4H3;1H. The molecular formula is C13H23ClN2. The van der Waals surface area contributed by atoms with Crippen molar-refractivity contribution in [2.24, 2.45) is 5.92 Å². The molecule has 92 valence electrons. The van der Waals surface area contributed by atoms with Crippen LogP contribution >= 0.6 is 12.4 Å². The van der Waals surface area contributed by atoms with Crippen LogP contribution < -0.4 is 10.2 Å². The molecule has 0 fully saturated rings. The number of hydrogen-bond donors (Lipinski definition) is 1. The van der Waals surface area contributed by atoms with E-state index in [1.807, 2.05) is 0 Å². The Labute approximate surface area is 105 Å². The number of anilines is 1. The van der Waals surface area contributed by atoms with E-state index in [1.54, 1.807) is 0 Å². The zero-order valence-electron chi connectivity index (χ0n) is 10.7. The molecule has 0 radical (unpaired) electrons. The molecule has 0 spiro atoms. The second-order valence-electron chi connectivity index (χ2n) is 4.59. The molecule has 0 aliphatic carbocycles. The fraction of sp³-hybridized carbons (Fsp3) is 0.538. The van der Waals surface area contributed by atoms with Crippen molar-refractivity contribution in [3.63, 3.8) is 0 Å². The molecule has 3 heteroatoms. The lowest BCUT2D eigenvalue weighted by molar-refractivity contribution is 0.552. The lowest BCUT2D eigenvalue weighted by atomic mass is 10.2. The summed E-state index contributed by atoms with van der Waals surface area (Å²) in [4.78, 5) is 2.12. The molecule has 1 rings (SSSR count). The summed E-state index contributed by atoms with van der Waals surface area (Å²) < 4.78 is 0. The minimum absolute atomic E-state index is 0. The molecule has 0 saturated carbocycles. The van der Waals surface area contributed by atoms with E-state index in [9.17, 15) is 0 Å². The Hall–Kier alpha value is -0.730. The molecule has 0 amide bonds. The lowest BCUT2D eigenvalue weighted by Gasteiger charge is -2.13. The van der Waals surface area contributed by atoms with E-state index in [-0.39, 0.29) is 12.4 Å². The number of halogens is 1. The van der Waals surface area contributed by atoms with Crippen LogP contribution in [-0.4, -0.2) is 20.6 Å². The zero-order chi connectivity index (χ0) is 11.3. The van der Waals surface area contributed by atoms with Gasteiger partial charge in [-0.3, -0.25) is 0 Å². The summed E-state index contributed by atoms with van der Waals surface area (Å²) in [6, 6.07) is 8.68. The Balaban J connectivity index is 0.00000225. The van der Waals surface area contributed by atoms with Gasteiger partial charge in [0.2, 0.25) is 0 Å². The van der Waals surface area contributed by atoms with Gasteiger partial charge in [0.15, 0.2) is 0 Å². The molecule has 1 aromatic rings. The fourth-order valence-corrected chi connectivity index (χ4v) is 1.42. The van der Waals surface area contributed by atoms with E-state index in [0.717, 1.165) is 13.1 Å². The van der Waals surface area contributed by atoms with Crippen molar-refractivity contribution in [2.45, 2.75) is 20.4 Å². The van der Waals surface area contributed by atoms with Crippen molar-refractivity contribution in [2.75, 3.05) is 25.5 Å². The summed E-state index contributed by atoms with van der Waals surface area (Å²) in [6.07, 6.45) is 0. The van der Waals surface area contributed by atoms with Gasteiger partial charge in [-0.25, -0.2) is 0 Å². The predicted molar refractivity (Wildman–Crippen MR) is 74.6 cm³/mol. The van der Waals surface area contributed by atoms with E-state index < -0.39 is 0 Å². The summed E-state index contributed by atoms with van der Waals surface area (Å²) in [5.74, 6) is 0.714. The Morgan fingerprint density at radius 3 is 2.12 bits per heavy atom. The van der Waals surface area contributed by atoms with Crippen molar-refractivity contribution in [3.05, 3.63) is 29.8 Å². The highest BCUT2D eigenvalue weighted by atomic mass is 35.5. The van der Waals surface area contributed by atoms with Crippen molar-refractivity contribution in [1.29, 1.82) is 0 Å². The molecule has 0 saturated heterocycles. The van der Waals surface area contributed by atoms with Crippen LogP contribution in [0.25, 0.3) is 0 Å². The number of nitrogens with zero attached hydrogens (tertiary/aromatic N) is 1. The summed E-state index contributed by atoms with van der Waals surface area (Å²) >= 11 is 0. The third-order valence-electron chi connectivity index (χ3n) is 2.33. The highest BCUT2D eigenvalue weighted by molar-refractivity contribution is 5.85. The second kappa shape index (κ2) is 7.53. The van der Waals surface area contributed by atoms with E-state index in [0.29, 0.717) is 5.92 Å². The molecule has 0 heterocycles. The van der Waals surface area contributed by atoms with Crippen molar-refractivity contribution >= 4 is 18.1 Å². The van der Waals surface area contributed by atoms with Gasteiger partial charge < -0.3 is 10.2 Å². The predicted octanol–water partition coefficient (Wildman–Crippen LogP) is 2.92. The Kier molecular flexibility index (Phi) is 7.18. The number of hydrogen-bond acceptors (Lipinski definition) is 2. The first-order valence-electron chi connectivity index (χ1n) is 5.56. The normalized spacial score (nSPS) is 10.1. The van der Waals surface area contributed by atoms with Crippen LogP contribution in [0.3, 0.4) is 0 Å². The van der Waals surface area contributed by atoms with Gasteiger partial charge in [0, 0.05) is 26.3 Å². The zero-order valence-corrected chi connectivity index (χ0v) is 11.5. The Bertz CT molecular complexity index is 280. The van der Waals surface area contributed by atoms with Gasteiger partial charge in [-0.05, 0) is 30.2 Å². The largest absolute Gasteiger partial charge is 0.378 e. The van der Waals surface area contributed by atoms with Gasteiger partial charge in [-0.1, -0.05) is 26.0 Å². The van der Waals surface area contributed by atoms with Crippen molar-refractivity contribution in [1.82, 2.24) is 5.32 Å². The molecule has 0 unspecified atom stereocenters. The first kappa shape index (κ1) is 15.3. The van der Waals surface area contributed by atoms with Crippen LogP contribution in [0, 0.1) is 5.92 Å². The van der Waals surface area contributed by atoms with Gasteiger partial charge in [0.05, 0.1) is 0 Å². The molecule has 2 nitrogen and oxygen atoms in total. The first-order valence-corrected chi connectivity index (χ1v) is 5.56. The van der Waals surface area contributed by atoms with Crippen LogP contribution in [-0.2, 0) is 6.54 Å². The highest BCUT2D eigenvalue weighted by Gasteiger charge is 1.97. The minimum atomic E-state index is 0. The average molecular weight is 243 g/mol. The van der Waals surface area contributed by atoms with Gasteiger partial charge >= 0.3 is 0 Å². The molecule has 0 aliphatic heterocycles. The van der Waals surface area contributed by atoms with E-state index in [4.69, 9.17) is 0 Å². The van der Waals surface area contributed by atoms with Crippen LogP contribution in [0.5, 0.6) is 0 Å². The molecule has 0 aliphatic rings. The summed E-state index contributed by atoms with van der Waals surface area (Å²) in [6.45, 7) is 6.49. The fourth-order valence-electron chi connectivity index (χ4n) is 1.42. The van der Waals surface area contributed by atoms with Gasteiger partial charge in [-0.15, -0.1) is 12.4 Å². The Morgan fingerprint density at radius 2 is 1.69 bits per heavy atom. The first-order chi connectivity index (χ1) is 7.09. The second-order valence-corrected chi connectivity index (χ2v) is 4.59. The van der Waals surface area contributed by atoms with Gasteiger partial charge in [-0.2, -0.15) is 0 Å². The minimum Gasteiger partial charge on any atom is -0.378 e. The third-order valence-corrected chi connectivity index (χ3v) is 2.33. The molecule has 0 bridgehead atoms. The van der Waals surface area contributed by atoms with Gasteiger partial charge in [0.25, 0.3) is 0 Å². The number of nitrogens with one attached hydrogen (secondary N) is 1. The maximum Gasteiger partial charge on any atom is 0.0361 e. The smallest absolute Gasteiger partial charge is 0.0361 e. The topological polar surface area (TPSA) is 15.3 Å². The molecule has 0 aromatic heterocycles. The lowest BCUT2D eigenvalue weighted by Crippen LogP contribution is -2.19. The average Bonchev–Trinajstić information content (AvgIpc) is 2.18. The molecule has 16 heavy (non-hydrogen) atoms. The van der Waals surface area contributed by atoms with E-state index in [2.05, 4.69) is 62.4 Å². The summed E-state index contributed by atoms with van der Waals surface area (Å²) in [5.41, 5.74) is 2.60. The SMILES string of the molecule is CC(C)CNCc1ccc(N(C)C)cc1.Cl. The molecular weight excluding hydrogens is 220 g/mol. The molecule has 0 atom stereocenters. The van der Waals surface area contributed by atoms with Crippen LogP contribution in [0.1, 0.15) is 19.4 Å². The monoisotopic (exact) mass is 242 g/mol. The Morgan fingerprint density at radius 1 is 1.12 bits per heavy atom. The maximum atomic E-state index is 3.44. The van der Waals surface area contributed by atoms with E-state index in [1.165, 1.54) is 11.3 Å². The summed E-state index contributed by atoms with van der Waals surface area (Å²) in [5, 5.41) is 3.44. The van der Waals surface area contributed by atoms with Gasteiger partial charge in [0.1, 0.15) is 0 Å². The van der Waals surface area contributed by atoms with Crippen LogP contribution in [0.2, 0.25) is 0 Å². The van der Waals surface area contributed by atoms with Crippen molar-refractivity contribution < 1.29 is 0 Å².